The van der Waals surface area contributed by atoms with Gasteiger partial charge in [-0.2, -0.15) is 0 Å². The molecule has 3 rings (SSSR count). The number of hydrogen-bond acceptors (Lipinski definition) is 4. The molecule has 1 fully saturated rings. The number of carbonyl (C=O) groups is 1. The van der Waals surface area contributed by atoms with E-state index in [0.717, 1.165) is 12.8 Å². The third-order valence-corrected chi connectivity index (χ3v) is 4.75. The van der Waals surface area contributed by atoms with Crippen molar-refractivity contribution in [1.82, 2.24) is 4.90 Å². The highest BCUT2D eigenvalue weighted by Gasteiger charge is 2.37. The number of hydrogen-bond donors (Lipinski definition) is 3. The third-order valence-electron chi connectivity index (χ3n) is 4.75. The smallest absolute Gasteiger partial charge is 0.322 e. The second kappa shape index (κ2) is 8.88. The number of aliphatic hydroxyl groups excluding tert-OH is 1. The van der Waals surface area contributed by atoms with Crippen molar-refractivity contribution in [1.29, 1.82) is 0 Å². The fourth-order valence-corrected chi connectivity index (χ4v) is 3.15. The Hall–Kier alpha value is -2.57. The fraction of sp³-hybridized carbons (Fsp3) is 0.381. The normalized spacial score (nSPS) is 19.1. The summed E-state index contributed by atoms with van der Waals surface area (Å²) in [5.41, 5.74) is 0.667. The Kier molecular flexibility index (Phi) is 6.32. The Bertz CT molecular complexity index is 753. The molecule has 1 aliphatic heterocycles. The first-order valence-electron chi connectivity index (χ1n) is 9.25. The van der Waals surface area contributed by atoms with Crippen LogP contribution in [0, 0.1) is 0 Å². The Morgan fingerprint density at radius 2 is 1.89 bits per heavy atom. The van der Waals surface area contributed by atoms with Crippen molar-refractivity contribution in [2.24, 2.45) is 0 Å². The van der Waals surface area contributed by atoms with E-state index in [1.807, 2.05) is 36.4 Å². The van der Waals surface area contributed by atoms with Gasteiger partial charge in [-0.25, -0.2) is 4.79 Å². The Morgan fingerprint density at radius 3 is 2.63 bits per heavy atom. The number of ether oxygens (including phenoxy) is 1. The summed E-state index contributed by atoms with van der Waals surface area (Å²) in [7, 11) is 0. The van der Waals surface area contributed by atoms with Gasteiger partial charge in [-0.3, -0.25) is 0 Å². The highest BCUT2D eigenvalue weighted by Crippen LogP contribution is 2.26. The second-order valence-corrected chi connectivity index (χ2v) is 6.92. The molecule has 0 saturated carbocycles. The quantitative estimate of drug-likeness (QED) is 0.655. The van der Waals surface area contributed by atoms with Crippen LogP contribution in [0.2, 0.25) is 0 Å². The molecule has 144 valence electrons. The molecule has 0 spiro atoms. The lowest BCUT2D eigenvalue weighted by Gasteiger charge is -2.21. The molecule has 6 nitrogen and oxygen atoms in total. The van der Waals surface area contributed by atoms with Crippen molar-refractivity contribution in [3.63, 3.8) is 0 Å². The van der Waals surface area contributed by atoms with Crippen LogP contribution >= 0.6 is 0 Å². The van der Waals surface area contributed by atoms with Gasteiger partial charge in [0.05, 0.1) is 25.4 Å². The second-order valence-electron chi connectivity index (χ2n) is 6.92. The lowest BCUT2D eigenvalue weighted by Crippen LogP contribution is -2.40. The van der Waals surface area contributed by atoms with Crippen LogP contribution in [0.5, 0.6) is 5.75 Å². The summed E-state index contributed by atoms with van der Waals surface area (Å²) in [5.74, 6) is 0.621. The molecule has 27 heavy (non-hydrogen) atoms. The van der Waals surface area contributed by atoms with E-state index in [2.05, 4.69) is 17.4 Å². The molecule has 1 saturated heterocycles. The maximum Gasteiger partial charge on any atom is 0.322 e. The molecule has 2 aromatic rings. The van der Waals surface area contributed by atoms with Crippen molar-refractivity contribution in [2.45, 2.75) is 24.9 Å². The minimum Gasteiger partial charge on any atom is -0.491 e. The number of β-amino-alcohol motifs (C(OH)–C–C–N with tert-alkyl or cyclic N) is 1. The number of carbonyl (C=O) groups excluding carboxylic acids is 1. The van der Waals surface area contributed by atoms with Gasteiger partial charge in [0.2, 0.25) is 0 Å². The zero-order chi connectivity index (χ0) is 19.1. The number of nitrogens with one attached hydrogen (secondary N) is 1. The van der Waals surface area contributed by atoms with Crippen molar-refractivity contribution >= 4 is 11.7 Å². The summed E-state index contributed by atoms with van der Waals surface area (Å²) in [6.07, 6.45) is 2.18. The van der Waals surface area contributed by atoms with E-state index in [-0.39, 0.29) is 19.2 Å². The van der Waals surface area contributed by atoms with Crippen molar-refractivity contribution < 1.29 is 19.7 Å². The van der Waals surface area contributed by atoms with Crippen molar-refractivity contribution in [3.8, 4) is 5.75 Å². The first-order valence-corrected chi connectivity index (χ1v) is 9.25. The van der Waals surface area contributed by atoms with Gasteiger partial charge >= 0.3 is 6.03 Å². The number of rotatable bonds is 7. The molecular formula is C21H26N2O4. The average molecular weight is 370 g/mol. The number of aliphatic hydroxyl groups is 2. The van der Waals surface area contributed by atoms with Crippen LogP contribution in [0.15, 0.2) is 54.6 Å². The summed E-state index contributed by atoms with van der Waals surface area (Å²) in [4.78, 5) is 14.0. The van der Waals surface area contributed by atoms with Gasteiger partial charge in [-0.05, 0) is 37.0 Å². The summed E-state index contributed by atoms with van der Waals surface area (Å²) in [6, 6.07) is 17.2. The van der Waals surface area contributed by atoms with Gasteiger partial charge in [0.1, 0.15) is 11.4 Å². The average Bonchev–Trinajstić information content (AvgIpc) is 3.10. The molecule has 0 unspecified atom stereocenters. The van der Waals surface area contributed by atoms with Gasteiger partial charge in [0, 0.05) is 6.54 Å². The Balaban J connectivity index is 1.52. The number of likely N-dealkylation sites (tertiary alicyclic amines) is 1. The van der Waals surface area contributed by atoms with E-state index in [1.165, 1.54) is 10.5 Å². The molecule has 1 aliphatic rings. The minimum atomic E-state index is -1.20. The number of anilines is 1. The number of urea groups is 1. The molecule has 0 radical (unpaired) electrons. The maximum absolute atomic E-state index is 12.5. The zero-order valence-corrected chi connectivity index (χ0v) is 15.3. The van der Waals surface area contributed by atoms with Crippen molar-refractivity contribution in [3.05, 3.63) is 60.2 Å². The molecule has 0 bridgehead atoms. The van der Waals surface area contributed by atoms with Crippen LogP contribution in [0.3, 0.4) is 0 Å². The molecule has 1 atom stereocenters. The third kappa shape index (κ3) is 5.21. The molecule has 0 aromatic heterocycles. The standard InChI is InChI=1S/C21H26N2O4/c24-16-21(26)12-13-23(15-21)20(25)22-18-10-4-5-11-19(18)27-14-6-9-17-7-2-1-3-8-17/h1-5,7-8,10-11,24,26H,6,9,12-16H2,(H,22,25)/t21-/m1/s1. The SMILES string of the molecule is O=C(Nc1ccccc1OCCCc1ccccc1)N1CC[C@](O)(CO)C1. The van der Waals surface area contributed by atoms with Crippen molar-refractivity contribution in [2.75, 3.05) is 31.6 Å². The lowest BCUT2D eigenvalue weighted by atomic mass is 10.1. The highest BCUT2D eigenvalue weighted by molar-refractivity contribution is 5.91. The molecular weight excluding hydrogens is 344 g/mol. The van der Waals surface area contributed by atoms with E-state index in [9.17, 15) is 15.0 Å². The van der Waals surface area contributed by atoms with Crippen LogP contribution in [-0.4, -0.2) is 53.0 Å². The van der Waals surface area contributed by atoms with Gasteiger partial charge < -0.3 is 25.2 Å². The van der Waals surface area contributed by atoms with Crippen LogP contribution < -0.4 is 10.1 Å². The van der Waals surface area contributed by atoms with Crippen LogP contribution in [0.25, 0.3) is 0 Å². The maximum atomic E-state index is 12.5. The number of benzene rings is 2. The topological polar surface area (TPSA) is 82.0 Å². The first-order chi connectivity index (χ1) is 13.1. The van der Waals surface area contributed by atoms with Crippen LogP contribution in [0.1, 0.15) is 18.4 Å². The molecule has 1 heterocycles. The van der Waals surface area contributed by atoms with E-state index in [1.54, 1.807) is 6.07 Å². The minimum absolute atomic E-state index is 0.120. The summed E-state index contributed by atoms with van der Waals surface area (Å²) < 4.78 is 5.86. The first kappa shape index (κ1) is 19.2. The van der Waals surface area contributed by atoms with Gasteiger partial charge in [-0.1, -0.05) is 42.5 Å². The van der Waals surface area contributed by atoms with Crippen LogP contribution in [-0.2, 0) is 6.42 Å². The summed E-state index contributed by atoms with van der Waals surface area (Å²) >= 11 is 0. The van der Waals surface area contributed by atoms with E-state index >= 15 is 0 Å². The monoisotopic (exact) mass is 370 g/mol. The number of amides is 2. The molecule has 3 N–H and O–H groups in total. The predicted octanol–water partition coefficient (Wildman–Crippen LogP) is 2.66. The van der Waals surface area contributed by atoms with Gasteiger partial charge in [-0.15, -0.1) is 0 Å². The molecule has 6 heteroatoms. The molecule has 2 amide bonds. The van der Waals surface area contributed by atoms with E-state index in [0.29, 0.717) is 31.0 Å². The van der Waals surface area contributed by atoms with E-state index < -0.39 is 5.60 Å². The lowest BCUT2D eigenvalue weighted by molar-refractivity contribution is -0.00246. The Labute approximate surface area is 159 Å². The number of para-hydroxylation sites is 2. The van der Waals surface area contributed by atoms with Gasteiger partial charge in [0.25, 0.3) is 0 Å². The summed E-state index contributed by atoms with van der Waals surface area (Å²) in [6.45, 7) is 0.728. The van der Waals surface area contributed by atoms with E-state index in [4.69, 9.17) is 4.74 Å². The fourth-order valence-electron chi connectivity index (χ4n) is 3.15. The Morgan fingerprint density at radius 1 is 1.15 bits per heavy atom. The highest BCUT2D eigenvalue weighted by atomic mass is 16.5. The predicted molar refractivity (Wildman–Crippen MR) is 104 cm³/mol. The molecule has 2 aromatic carbocycles. The number of aryl methyl sites for hydroxylation is 1. The van der Waals surface area contributed by atoms with Gasteiger partial charge in [0.15, 0.2) is 0 Å². The zero-order valence-electron chi connectivity index (χ0n) is 15.3. The summed E-state index contributed by atoms with van der Waals surface area (Å²) in [5, 5.41) is 22.2. The van der Waals surface area contributed by atoms with Crippen LogP contribution in [0.4, 0.5) is 10.5 Å². The largest absolute Gasteiger partial charge is 0.491 e. The number of nitrogens with zero attached hydrogens (tertiary/aromatic N) is 1. The molecule has 0 aliphatic carbocycles.